The molecular formula is C23H34O2. The van der Waals surface area contributed by atoms with Crippen molar-refractivity contribution in [1.29, 1.82) is 0 Å². The van der Waals surface area contributed by atoms with Crippen LogP contribution in [0.4, 0.5) is 0 Å². The van der Waals surface area contributed by atoms with Gasteiger partial charge in [0.05, 0.1) is 0 Å². The van der Waals surface area contributed by atoms with Crippen molar-refractivity contribution in [3.05, 3.63) is 29.3 Å². The highest BCUT2D eigenvalue weighted by atomic mass is 16.5. The van der Waals surface area contributed by atoms with Gasteiger partial charge in [0.1, 0.15) is 12.4 Å². The lowest BCUT2D eigenvalue weighted by Gasteiger charge is -2.32. The van der Waals surface area contributed by atoms with Gasteiger partial charge in [0.2, 0.25) is 0 Å². The first kappa shape index (κ1) is 18.5. The summed E-state index contributed by atoms with van der Waals surface area (Å²) in [6, 6.07) is 6.40. The van der Waals surface area contributed by atoms with Gasteiger partial charge >= 0.3 is 0 Å². The number of aldehydes is 1. The Morgan fingerprint density at radius 1 is 1.08 bits per heavy atom. The van der Waals surface area contributed by atoms with Gasteiger partial charge in [-0.1, -0.05) is 64.0 Å². The molecule has 0 aromatic heterocycles. The molecule has 0 bridgehead atoms. The lowest BCUT2D eigenvalue weighted by atomic mass is 9.73. The molecule has 0 radical (unpaired) electrons. The van der Waals surface area contributed by atoms with Gasteiger partial charge in [-0.3, -0.25) is 4.79 Å². The second kappa shape index (κ2) is 9.40. The van der Waals surface area contributed by atoms with Gasteiger partial charge in [-0.25, -0.2) is 0 Å². The van der Waals surface area contributed by atoms with Crippen molar-refractivity contribution in [2.75, 3.05) is 6.61 Å². The number of hydrogen-bond donors (Lipinski definition) is 0. The Morgan fingerprint density at radius 3 is 2.76 bits per heavy atom. The first-order chi connectivity index (χ1) is 12.3. The molecule has 0 saturated heterocycles. The van der Waals surface area contributed by atoms with Crippen LogP contribution >= 0.6 is 0 Å². The molecule has 3 rings (SSSR count). The van der Waals surface area contributed by atoms with Crippen molar-refractivity contribution >= 4 is 6.29 Å². The number of carbonyl (C=O) groups is 1. The molecule has 2 aliphatic carbocycles. The van der Waals surface area contributed by atoms with Crippen LogP contribution in [-0.4, -0.2) is 12.9 Å². The van der Waals surface area contributed by atoms with Crippen LogP contribution in [0.1, 0.15) is 75.8 Å². The lowest BCUT2D eigenvalue weighted by molar-refractivity contribution is -0.109. The second-order valence-electron chi connectivity index (χ2n) is 8.10. The average molecular weight is 343 g/mol. The van der Waals surface area contributed by atoms with Crippen LogP contribution < -0.4 is 4.74 Å². The summed E-state index contributed by atoms with van der Waals surface area (Å²) in [5.74, 6) is 3.59. The maximum absolute atomic E-state index is 10.6. The first-order valence-electron chi connectivity index (χ1n) is 10.5. The van der Waals surface area contributed by atoms with E-state index in [1.54, 1.807) is 0 Å². The Balaban J connectivity index is 1.54. The van der Waals surface area contributed by atoms with E-state index in [9.17, 15) is 4.79 Å². The molecule has 1 fully saturated rings. The summed E-state index contributed by atoms with van der Waals surface area (Å²) in [6.45, 7) is 2.46. The van der Waals surface area contributed by atoms with Crippen LogP contribution in [-0.2, 0) is 17.6 Å². The van der Waals surface area contributed by atoms with Gasteiger partial charge in [0, 0.05) is 0 Å². The third-order valence-electron chi connectivity index (χ3n) is 6.51. The zero-order valence-corrected chi connectivity index (χ0v) is 15.8. The van der Waals surface area contributed by atoms with Crippen molar-refractivity contribution < 1.29 is 9.53 Å². The van der Waals surface area contributed by atoms with Gasteiger partial charge in [-0.15, -0.1) is 0 Å². The monoisotopic (exact) mass is 342 g/mol. The molecule has 25 heavy (non-hydrogen) atoms. The molecule has 0 amide bonds. The topological polar surface area (TPSA) is 26.3 Å². The van der Waals surface area contributed by atoms with E-state index in [0.29, 0.717) is 0 Å². The van der Waals surface area contributed by atoms with E-state index in [0.717, 1.165) is 36.2 Å². The van der Waals surface area contributed by atoms with E-state index in [2.05, 4.69) is 19.1 Å². The van der Waals surface area contributed by atoms with Gasteiger partial charge in [0.15, 0.2) is 6.29 Å². The molecule has 2 nitrogen and oxygen atoms in total. The summed E-state index contributed by atoms with van der Waals surface area (Å²) < 4.78 is 5.67. The molecule has 0 spiro atoms. The SMILES string of the molecule is CCCCCCCC[C@H]1CC[C@@H]2Cc3c(cccc3OCC=O)CC12. The quantitative estimate of drug-likeness (QED) is 0.399. The van der Waals surface area contributed by atoms with Gasteiger partial charge in [-0.05, 0) is 60.6 Å². The van der Waals surface area contributed by atoms with E-state index in [1.165, 1.54) is 75.3 Å². The molecule has 2 heteroatoms. The van der Waals surface area contributed by atoms with Crippen LogP contribution in [0.5, 0.6) is 5.75 Å². The van der Waals surface area contributed by atoms with Crippen molar-refractivity contribution in [2.24, 2.45) is 17.8 Å². The zero-order valence-electron chi connectivity index (χ0n) is 15.8. The standard InChI is InChI=1S/C23H34O2/c1-2-3-4-5-6-7-9-18-12-13-20-17-22-19(16-21(18)20)10-8-11-23(22)25-15-14-24/h8,10-11,14,18,20-21H,2-7,9,12-13,15-17H2,1H3/t18-,20+,21?/m0/s1. The number of hydrogen-bond acceptors (Lipinski definition) is 2. The van der Waals surface area contributed by atoms with Gasteiger partial charge in [0.25, 0.3) is 0 Å². The van der Waals surface area contributed by atoms with Crippen molar-refractivity contribution in [3.8, 4) is 5.75 Å². The number of rotatable bonds is 10. The van der Waals surface area contributed by atoms with Crippen molar-refractivity contribution in [2.45, 2.75) is 77.6 Å². The third kappa shape index (κ3) is 4.65. The molecular weight excluding hydrogens is 308 g/mol. The minimum atomic E-state index is 0.172. The van der Waals surface area contributed by atoms with Crippen molar-refractivity contribution in [3.63, 3.8) is 0 Å². The van der Waals surface area contributed by atoms with E-state index in [-0.39, 0.29) is 6.61 Å². The summed E-state index contributed by atoms with van der Waals surface area (Å²) in [7, 11) is 0. The Kier molecular flexibility index (Phi) is 6.95. The minimum Gasteiger partial charge on any atom is -0.486 e. The fourth-order valence-electron chi connectivity index (χ4n) is 5.18. The van der Waals surface area contributed by atoms with Crippen LogP contribution in [0, 0.1) is 17.8 Å². The van der Waals surface area contributed by atoms with E-state index in [4.69, 9.17) is 4.74 Å². The highest BCUT2D eigenvalue weighted by Gasteiger charge is 2.39. The van der Waals surface area contributed by atoms with Gasteiger partial charge < -0.3 is 4.74 Å². The first-order valence-corrected chi connectivity index (χ1v) is 10.5. The van der Waals surface area contributed by atoms with Gasteiger partial charge in [-0.2, -0.15) is 0 Å². The van der Waals surface area contributed by atoms with E-state index >= 15 is 0 Å². The number of ether oxygens (including phenoxy) is 1. The Labute approximate surface area is 153 Å². The summed E-state index contributed by atoms with van der Waals surface area (Å²) in [5.41, 5.74) is 2.85. The molecule has 1 unspecified atom stereocenters. The molecule has 1 saturated carbocycles. The summed E-state index contributed by atoms with van der Waals surface area (Å²) in [6.07, 6.45) is 15.9. The Hall–Kier alpha value is -1.31. The average Bonchev–Trinajstić information content (AvgIpc) is 3.03. The Bertz CT molecular complexity index is 551. The zero-order chi connectivity index (χ0) is 17.5. The number of fused-ring (bicyclic) bond motifs is 2. The fourth-order valence-corrected chi connectivity index (χ4v) is 5.18. The van der Waals surface area contributed by atoms with Crippen LogP contribution in [0.2, 0.25) is 0 Å². The summed E-state index contributed by atoms with van der Waals surface area (Å²) in [5, 5.41) is 0. The number of carbonyl (C=O) groups excluding carboxylic acids is 1. The highest BCUT2D eigenvalue weighted by molar-refractivity contribution is 5.52. The molecule has 1 aromatic carbocycles. The predicted molar refractivity (Wildman–Crippen MR) is 103 cm³/mol. The van der Waals surface area contributed by atoms with E-state index < -0.39 is 0 Å². The molecule has 3 atom stereocenters. The van der Waals surface area contributed by atoms with Crippen LogP contribution in [0.25, 0.3) is 0 Å². The molecule has 0 heterocycles. The van der Waals surface area contributed by atoms with Crippen LogP contribution in [0.3, 0.4) is 0 Å². The molecule has 0 N–H and O–H groups in total. The Morgan fingerprint density at radius 2 is 1.92 bits per heavy atom. The van der Waals surface area contributed by atoms with E-state index in [1.807, 2.05) is 6.07 Å². The molecule has 138 valence electrons. The molecule has 0 aliphatic heterocycles. The highest BCUT2D eigenvalue weighted by Crippen LogP contribution is 2.48. The maximum atomic E-state index is 10.6. The summed E-state index contributed by atoms with van der Waals surface area (Å²) in [4.78, 5) is 10.6. The predicted octanol–water partition coefficient (Wildman–Crippen LogP) is 5.76. The fraction of sp³-hybridized carbons (Fsp3) is 0.696. The minimum absolute atomic E-state index is 0.172. The van der Waals surface area contributed by atoms with Crippen molar-refractivity contribution in [1.82, 2.24) is 0 Å². The largest absolute Gasteiger partial charge is 0.486 e. The number of unbranched alkanes of at least 4 members (excludes halogenated alkanes) is 5. The maximum Gasteiger partial charge on any atom is 0.157 e. The summed E-state index contributed by atoms with van der Waals surface area (Å²) >= 11 is 0. The smallest absolute Gasteiger partial charge is 0.157 e. The molecule has 2 aliphatic rings. The van der Waals surface area contributed by atoms with Crippen LogP contribution in [0.15, 0.2) is 18.2 Å². The molecule has 1 aromatic rings. The second-order valence-corrected chi connectivity index (χ2v) is 8.10. The lowest BCUT2D eigenvalue weighted by Crippen LogP contribution is -2.25. The normalized spacial score (nSPS) is 24.6. The number of benzene rings is 1. The third-order valence-corrected chi connectivity index (χ3v) is 6.51.